The van der Waals surface area contributed by atoms with Crippen LogP contribution in [0, 0.1) is 5.82 Å². The minimum absolute atomic E-state index is 0.320. The van der Waals surface area contributed by atoms with Crippen molar-refractivity contribution in [3.8, 4) is 0 Å². The van der Waals surface area contributed by atoms with Crippen LogP contribution in [-0.2, 0) is 20.7 Å². The van der Waals surface area contributed by atoms with Gasteiger partial charge in [0, 0.05) is 12.2 Å². The van der Waals surface area contributed by atoms with Gasteiger partial charge in [0.15, 0.2) is 6.61 Å². The monoisotopic (exact) mass is 387 g/mol. The number of hydrogen-bond donors (Lipinski definition) is 3. The van der Waals surface area contributed by atoms with Crippen LogP contribution in [0.1, 0.15) is 12.5 Å². The molecule has 7 nitrogen and oxygen atoms in total. The molecular formula is C20H22FN3O4. The van der Waals surface area contributed by atoms with Gasteiger partial charge in [0.2, 0.25) is 0 Å². The van der Waals surface area contributed by atoms with Crippen molar-refractivity contribution in [3.05, 3.63) is 66.0 Å². The van der Waals surface area contributed by atoms with Crippen molar-refractivity contribution >= 4 is 23.6 Å². The summed E-state index contributed by atoms with van der Waals surface area (Å²) in [6, 6.07) is 13.2. The molecule has 0 saturated heterocycles. The van der Waals surface area contributed by atoms with Crippen molar-refractivity contribution in [1.82, 2.24) is 10.6 Å². The molecule has 148 valence electrons. The predicted molar refractivity (Wildman–Crippen MR) is 102 cm³/mol. The highest BCUT2D eigenvalue weighted by Crippen LogP contribution is 2.05. The third-order valence-electron chi connectivity index (χ3n) is 3.73. The van der Waals surface area contributed by atoms with E-state index in [1.165, 1.54) is 19.1 Å². The lowest BCUT2D eigenvalue weighted by Crippen LogP contribution is -2.43. The second kappa shape index (κ2) is 10.7. The number of benzene rings is 2. The molecule has 0 spiro atoms. The van der Waals surface area contributed by atoms with E-state index in [1.807, 2.05) is 6.07 Å². The summed E-state index contributed by atoms with van der Waals surface area (Å²) >= 11 is 0. The maximum Gasteiger partial charge on any atom is 0.328 e. The maximum absolute atomic E-state index is 12.8. The number of carbonyl (C=O) groups is 3. The van der Waals surface area contributed by atoms with Gasteiger partial charge >= 0.3 is 12.0 Å². The molecule has 3 N–H and O–H groups in total. The van der Waals surface area contributed by atoms with Gasteiger partial charge in [-0.15, -0.1) is 0 Å². The number of carbonyl (C=O) groups excluding carboxylic acids is 3. The Kier molecular flexibility index (Phi) is 7.95. The number of hydrogen-bond acceptors (Lipinski definition) is 4. The molecule has 1 atom stereocenters. The molecule has 28 heavy (non-hydrogen) atoms. The van der Waals surface area contributed by atoms with E-state index in [0.29, 0.717) is 18.7 Å². The number of esters is 1. The molecule has 0 saturated carbocycles. The van der Waals surface area contributed by atoms with E-state index < -0.39 is 30.6 Å². The Morgan fingerprint density at radius 3 is 2.39 bits per heavy atom. The minimum atomic E-state index is -0.921. The Labute approximate surface area is 162 Å². The lowest BCUT2D eigenvalue weighted by molar-refractivity contribution is -0.149. The topological polar surface area (TPSA) is 96.5 Å². The summed E-state index contributed by atoms with van der Waals surface area (Å²) in [5.74, 6) is -1.51. The average molecular weight is 387 g/mol. The van der Waals surface area contributed by atoms with E-state index >= 15 is 0 Å². The Morgan fingerprint density at radius 1 is 1.04 bits per heavy atom. The summed E-state index contributed by atoms with van der Waals surface area (Å²) in [6.45, 7) is 1.34. The first-order chi connectivity index (χ1) is 13.4. The molecule has 2 rings (SSSR count). The normalized spacial score (nSPS) is 11.2. The standard InChI is InChI=1S/C20H22FN3O4/c1-14(23-20(27)24-17-5-3-2-4-6-17)19(26)28-13-18(25)22-12-11-15-7-9-16(21)10-8-15/h2-10,14H,11-13H2,1H3,(H,22,25)(H2,23,24,27)/t14-/m0/s1. The van der Waals surface area contributed by atoms with Crippen LogP contribution in [0.25, 0.3) is 0 Å². The van der Waals surface area contributed by atoms with Crippen LogP contribution in [0.4, 0.5) is 14.9 Å². The predicted octanol–water partition coefficient (Wildman–Crippen LogP) is 2.24. The van der Waals surface area contributed by atoms with E-state index in [4.69, 9.17) is 4.74 Å². The zero-order valence-electron chi connectivity index (χ0n) is 15.4. The summed E-state index contributed by atoms with van der Waals surface area (Å²) in [5, 5.41) is 7.62. The van der Waals surface area contributed by atoms with Crippen molar-refractivity contribution in [2.75, 3.05) is 18.5 Å². The van der Waals surface area contributed by atoms with Crippen molar-refractivity contribution in [1.29, 1.82) is 0 Å². The van der Waals surface area contributed by atoms with Gasteiger partial charge in [0.05, 0.1) is 0 Å². The lowest BCUT2D eigenvalue weighted by Gasteiger charge is -2.14. The molecule has 0 aliphatic rings. The molecule has 0 aliphatic heterocycles. The van der Waals surface area contributed by atoms with Gasteiger partial charge in [0.25, 0.3) is 5.91 Å². The van der Waals surface area contributed by atoms with Gasteiger partial charge in [-0.25, -0.2) is 14.0 Å². The fourth-order valence-corrected chi connectivity index (χ4v) is 2.25. The Bertz CT molecular complexity index is 797. The number of rotatable bonds is 8. The van der Waals surface area contributed by atoms with Gasteiger partial charge in [-0.2, -0.15) is 0 Å². The van der Waals surface area contributed by atoms with Crippen molar-refractivity contribution in [2.24, 2.45) is 0 Å². The molecule has 0 aliphatic carbocycles. The summed E-state index contributed by atoms with van der Waals surface area (Å²) in [7, 11) is 0. The highest BCUT2D eigenvalue weighted by molar-refractivity contribution is 5.92. The molecule has 0 bridgehead atoms. The second-order valence-electron chi connectivity index (χ2n) is 6.02. The van der Waals surface area contributed by atoms with Gasteiger partial charge in [-0.3, -0.25) is 4.79 Å². The fourth-order valence-electron chi connectivity index (χ4n) is 2.25. The SMILES string of the molecule is C[C@H](NC(=O)Nc1ccccc1)C(=O)OCC(=O)NCCc1ccc(F)cc1. The maximum atomic E-state index is 12.8. The van der Waals surface area contributed by atoms with E-state index in [9.17, 15) is 18.8 Å². The highest BCUT2D eigenvalue weighted by atomic mass is 19.1. The van der Waals surface area contributed by atoms with E-state index in [0.717, 1.165) is 5.56 Å². The molecule has 0 heterocycles. The summed E-state index contributed by atoms with van der Waals surface area (Å²) < 4.78 is 17.7. The molecule has 0 radical (unpaired) electrons. The van der Waals surface area contributed by atoms with Crippen molar-refractivity contribution < 1.29 is 23.5 Å². The second-order valence-corrected chi connectivity index (χ2v) is 6.02. The number of amides is 3. The van der Waals surface area contributed by atoms with Crippen molar-refractivity contribution in [3.63, 3.8) is 0 Å². The molecule has 3 amide bonds. The van der Waals surface area contributed by atoms with Crippen LogP contribution in [-0.4, -0.2) is 37.1 Å². The molecule has 0 fully saturated rings. The number of anilines is 1. The molecule has 2 aromatic carbocycles. The first-order valence-electron chi connectivity index (χ1n) is 8.74. The number of nitrogens with one attached hydrogen (secondary N) is 3. The zero-order chi connectivity index (χ0) is 20.4. The van der Waals surface area contributed by atoms with Crippen LogP contribution in [0.5, 0.6) is 0 Å². The summed E-state index contributed by atoms with van der Waals surface area (Å²) in [6.07, 6.45) is 0.525. The summed E-state index contributed by atoms with van der Waals surface area (Å²) in [5.41, 5.74) is 1.46. The lowest BCUT2D eigenvalue weighted by atomic mass is 10.1. The highest BCUT2D eigenvalue weighted by Gasteiger charge is 2.18. The first kappa shape index (κ1) is 20.9. The smallest absolute Gasteiger partial charge is 0.328 e. The van der Waals surface area contributed by atoms with E-state index in [2.05, 4.69) is 16.0 Å². The molecule has 0 aromatic heterocycles. The van der Waals surface area contributed by atoms with Gasteiger partial charge < -0.3 is 20.7 Å². The average Bonchev–Trinajstić information content (AvgIpc) is 2.68. The quantitative estimate of drug-likeness (QED) is 0.605. The van der Waals surface area contributed by atoms with Gasteiger partial charge in [0.1, 0.15) is 11.9 Å². The molecule has 0 unspecified atom stereocenters. The Balaban J connectivity index is 1.63. The van der Waals surface area contributed by atoms with Crippen molar-refractivity contribution in [2.45, 2.75) is 19.4 Å². The van der Waals surface area contributed by atoms with E-state index in [1.54, 1.807) is 36.4 Å². The first-order valence-corrected chi connectivity index (χ1v) is 8.74. The van der Waals surface area contributed by atoms with Crippen LogP contribution in [0.15, 0.2) is 54.6 Å². The zero-order valence-corrected chi connectivity index (χ0v) is 15.4. The fraction of sp³-hybridized carbons (Fsp3) is 0.250. The summed E-state index contributed by atoms with van der Waals surface area (Å²) in [4.78, 5) is 35.4. The molecule has 8 heteroatoms. The van der Waals surface area contributed by atoms with Crippen LogP contribution in [0.2, 0.25) is 0 Å². The van der Waals surface area contributed by atoms with Crippen LogP contribution in [0.3, 0.4) is 0 Å². The Hall–Kier alpha value is -3.42. The number of ether oxygens (including phenoxy) is 1. The largest absolute Gasteiger partial charge is 0.454 e. The minimum Gasteiger partial charge on any atom is -0.454 e. The van der Waals surface area contributed by atoms with Gasteiger partial charge in [-0.1, -0.05) is 30.3 Å². The third kappa shape index (κ3) is 7.45. The number of halogens is 1. The molecular weight excluding hydrogens is 365 g/mol. The number of para-hydroxylation sites is 1. The third-order valence-corrected chi connectivity index (χ3v) is 3.73. The van der Waals surface area contributed by atoms with Gasteiger partial charge in [-0.05, 0) is 43.2 Å². The number of urea groups is 1. The Morgan fingerprint density at radius 2 is 1.71 bits per heavy atom. The van der Waals surface area contributed by atoms with Crippen LogP contribution < -0.4 is 16.0 Å². The molecule has 2 aromatic rings. The van der Waals surface area contributed by atoms with E-state index in [-0.39, 0.29) is 5.82 Å². The van der Waals surface area contributed by atoms with Crippen LogP contribution >= 0.6 is 0 Å².